The third-order valence-electron chi connectivity index (χ3n) is 3.75. The molecule has 2 rings (SSSR count). The lowest BCUT2D eigenvalue weighted by Crippen LogP contribution is -2.45. The van der Waals surface area contributed by atoms with Crippen LogP contribution in [0.25, 0.3) is 0 Å². The second-order valence-corrected chi connectivity index (χ2v) is 5.29. The third-order valence-corrected chi connectivity index (χ3v) is 3.75. The number of aliphatic hydroxyl groups is 1. The fourth-order valence-corrected chi connectivity index (χ4v) is 2.66. The summed E-state index contributed by atoms with van der Waals surface area (Å²) in [6.45, 7) is 0.527. The van der Waals surface area contributed by atoms with E-state index in [0.717, 1.165) is 38.5 Å². The van der Waals surface area contributed by atoms with Gasteiger partial charge in [-0.15, -0.1) is 0 Å². The van der Waals surface area contributed by atoms with Crippen LogP contribution in [0.1, 0.15) is 44.9 Å². The number of carbonyl (C=O) groups is 1. The first-order valence-electron chi connectivity index (χ1n) is 6.34. The summed E-state index contributed by atoms with van der Waals surface area (Å²) in [5.74, 6) is 0.140. The van der Waals surface area contributed by atoms with Crippen molar-refractivity contribution in [3.05, 3.63) is 0 Å². The third kappa shape index (κ3) is 2.74. The average molecular weight is 226 g/mol. The van der Waals surface area contributed by atoms with Crippen LogP contribution >= 0.6 is 0 Å². The molecule has 4 nitrogen and oxygen atoms in total. The monoisotopic (exact) mass is 226 g/mol. The van der Waals surface area contributed by atoms with Crippen LogP contribution in [0.2, 0.25) is 0 Å². The van der Waals surface area contributed by atoms with E-state index in [0.29, 0.717) is 19.0 Å². The zero-order valence-electron chi connectivity index (χ0n) is 9.82. The first kappa shape index (κ1) is 11.9. The predicted molar refractivity (Wildman–Crippen MR) is 61.8 cm³/mol. The van der Waals surface area contributed by atoms with E-state index < -0.39 is 0 Å². The molecule has 0 saturated heterocycles. The highest BCUT2D eigenvalue weighted by Crippen LogP contribution is 2.33. The van der Waals surface area contributed by atoms with Gasteiger partial charge in [0.2, 0.25) is 5.91 Å². The lowest BCUT2D eigenvalue weighted by molar-refractivity contribution is -0.133. The van der Waals surface area contributed by atoms with Gasteiger partial charge in [-0.25, -0.2) is 0 Å². The Morgan fingerprint density at radius 3 is 2.50 bits per heavy atom. The molecule has 0 unspecified atom stereocenters. The van der Waals surface area contributed by atoms with Crippen LogP contribution in [0, 0.1) is 0 Å². The number of amides is 1. The van der Waals surface area contributed by atoms with Gasteiger partial charge in [-0.05, 0) is 25.7 Å². The molecule has 2 fully saturated rings. The van der Waals surface area contributed by atoms with E-state index in [-0.39, 0.29) is 18.1 Å². The molecule has 0 bridgehead atoms. The van der Waals surface area contributed by atoms with Crippen LogP contribution in [0.5, 0.6) is 0 Å². The lowest BCUT2D eigenvalue weighted by Gasteiger charge is -2.28. The number of hydrogen-bond acceptors (Lipinski definition) is 3. The molecule has 0 aromatic carbocycles. The Hall–Kier alpha value is -0.610. The van der Waals surface area contributed by atoms with Crippen LogP contribution in [0.15, 0.2) is 0 Å². The van der Waals surface area contributed by atoms with E-state index >= 15 is 0 Å². The minimum atomic E-state index is -0.264. The van der Waals surface area contributed by atoms with Crippen LogP contribution < -0.4 is 5.73 Å². The van der Waals surface area contributed by atoms with E-state index in [1.54, 1.807) is 0 Å². The van der Waals surface area contributed by atoms with Crippen molar-refractivity contribution < 1.29 is 9.90 Å². The second-order valence-electron chi connectivity index (χ2n) is 5.29. The number of nitrogens with two attached hydrogens (primary N) is 1. The van der Waals surface area contributed by atoms with Gasteiger partial charge in [0.1, 0.15) is 0 Å². The fraction of sp³-hybridized carbons (Fsp3) is 0.917. The lowest BCUT2D eigenvalue weighted by atomic mass is 9.94. The average Bonchev–Trinajstić information content (AvgIpc) is 2.98. The van der Waals surface area contributed by atoms with Crippen LogP contribution in [0.3, 0.4) is 0 Å². The Kier molecular flexibility index (Phi) is 3.50. The smallest absolute Gasteiger partial charge is 0.224 e. The molecule has 0 radical (unpaired) electrons. The Labute approximate surface area is 96.8 Å². The Balaban J connectivity index is 1.89. The van der Waals surface area contributed by atoms with Crippen molar-refractivity contribution in [2.24, 2.45) is 5.73 Å². The van der Waals surface area contributed by atoms with Gasteiger partial charge in [-0.1, -0.05) is 12.8 Å². The van der Waals surface area contributed by atoms with Crippen molar-refractivity contribution in [1.82, 2.24) is 4.90 Å². The first-order valence-corrected chi connectivity index (χ1v) is 6.34. The molecular formula is C12H22N2O2. The molecule has 0 heterocycles. The topological polar surface area (TPSA) is 66.6 Å². The normalized spacial score (nSPS) is 23.4. The van der Waals surface area contributed by atoms with E-state index in [4.69, 9.17) is 10.8 Å². The van der Waals surface area contributed by atoms with Gasteiger partial charge in [-0.2, -0.15) is 0 Å². The molecule has 0 atom stereocenters. The highest BCUT2D eigenvalue weighted by atomic mass is 16.3. The van der Waals surface area contributed by atoms with E-state index in [9.17, 15) is 4.79 Å². The van der Waals surface area contributed by atoms with Gasteiger partial charge in [-0.3, -0.25) is 4.79 Å². The van der Waals surface area contributed by atoms with E-state index in [1.165, 1.54) is 0 Å². The quantitative estimate of drug-likeness (QED) is 0.722. The highest BCUT2D eigenvalue weighted by Gasteiger charge is 2.37. The molecular weight excluding hydrogens is 204 g/mol. The van der Waals surface area contributed by atoms with Crippen molar-refractivity contribution in [3.63, 3.8) is 0 Å². The summed E-state index contributed by atoms with van der Waals surface area (Å²) >= 11 is 0. The zero-order chi connectivity index (χ0) is 11.6. The summed E-state index contributed by atoms with van der Waals surface area (Å²) in [5.41, 5.74) is 5.94. The Bertz CT molecular complexity index is 258. The minimum absolute atomic E-state index is 0.0554. The number of aliphatic hydroxyl groups excluding tert-OH is 1. The first-order chi connectivity index (χ1) is 7.64. The summed E-state index contributed by atoms with van der Waals surface area (Å²) in [6, 6.07) is 0.379. The molecule has 2 saturated carbocycles. The summed E-state index contributed by atoms with van der Waals surface area (Å²) in [5, 5.41) is 8.96. The van der Waals surface area contributed by atoms with E-state index in [1.807, 2.05) is 4.90 Å². The van der Waals surface area contributed by atoms with Crippen molar-refractivity contribution >= 4 is 5.91 Å². The zero-order valence-corrected chi connectivity index (χ0v) is 9.82. The van der Waals surface area contributed by atoms with Gasteiger partial charge >= 0.3 is 0 Å². The molecule has 0 aromatic rings. The SMILES string of the molecule is NC1(CC(=O)N(CCO)C2CC2)CCCC1. The number of nitrogens with zero attached hydrogens (tertiary/aromatic N) is 1. The van der Waals surface area contributed by atoms with Crippen LogP contribution in [-0.4, -0.2) is 40.6 Å². The predicted octanol–water partition coefficient (Wildman–Crippen LogP) is 0.631. The summed E-state index contributed by atoms with van der Waals surface area (Å²) in [6.07, 6.45) is 6.86. The standard InChI is InChI=1S/C12H22N2O2/c13-12(5-1-2-6-12)9-11(16)14(7-8-15)10-3-4-10/h10,15H,1-9,13H2. The summed E-state index contributed by atoms with van der Waals surface area (Å²) in [4.78, 5) is 13.9. The molecule has 0 aromatic heterocycles. The van der Waals surface area contributed by atoms with Crippen molar-refractivity contribution in [3.8, 4) is 0 Å². The molecule has 2 aliphatic rings. The summed E-state index contributed by atoms with van der Waals surface area (Å²) < 4.78 is 0. The Morgan fingerprint density at radius 1 is 1.38 bits per heavy atom. The molecule has 2 aliphatic carbocycles. The van der Waals surface area contributed by atoms with Crippen LogP contribution in [0.4, 0.5) is 0 Å². The van der Waals surface area contributed by atoms with E-state index in [2.05, 4.69) is 0 Å². The molecule has 16 heavy (non-hydrogen) atoms. The fourth-order valence-electron chi connectivity index (χ4n) is 2.66. The summed E-state index contributed by atoms with van der Waals surface area (Å²) in [7, 11) is 0. The maximum atomic E-state index is 12.1. The second kappa shape index (κ2) is 4.72. The molecule has 1 amide bonds. The van der Waals surface area contributed by atoms with Gasteiger partial charge < -0.3 is 15.7 Å². The minimum Gasteiger partial charge on any atom is -0.395 e. The maximum absolute atomic E-state index is 12.1. The van der Waals surface area contributed by atoms with Gasteiger partial charge in [0.15, 0.2) is 0 Å². The molecule has 92 valence electrons. The molecule has 0 aliphatic heterocycles. The Morgan fingerprint density at radius 2 is 2.00 bits per heavy atom. The number of carbonyl (C=O) groups excluding carboxylic acids is 1. The van der Waals surface area contributed by atoms with Gasteiger partial charge in [0.05, 0.1) is 6.61 Å². The molecule has 0 spiro atoms. The van der Waals surface area contributed by atoms with Gasteiger partial charge in [0.25, 0.3) is 0 Å². The van der Waals surface area contributed by atoms with Crippen LogP contribution in [-0.2, 0) is 4.79 Å². The largest absolute Gasteiger partial charge is 0.395 e. The maximum Gasteiger partial charge on any atom is 0.224 e. The number of hydrogen-bond donors (Lipinski definition) is 2. The number of rotatable bonds is 5. The molecule has 3 N–H and O–H groups in total. The highest BCUT2D eigenvalue weighted by molar-refractivity contribution is 5.78. The molecule has 4 heteroatoms. The van der Waals surface area contributed by atoms with Gasteiger partial charge in [0, 0.05) is 24.5 Å². The van der Waals surface area contributed by atoms with Crippen molar-refractivity contribution in [2.75, 3.05) is 13.2 Å². The van der Waals surface area contributed by atoms with Crippen molar-refractivity contribution in [2.45, 2.75) is 56.5 Å². The van der Waals surface area contributed by atoms with Crippen molar-refractivity contribution in [1.29, 1.82) is 0 Å².